The number of halogens is 1. The maximum absolute atomic E-state index is 12.1. The van der Waals surface area contributed by atoms with Gasteiger partial charge in [0.2, 0.25) is 0 Å². The molecule has 28 heavy (non-hydrogen) atoms. The number of aliphatic carboxylic acids is 1. The predicted octanol–water partition coefficient (Wildman–Crippen LogP) is -0.525. The number of hydrogen-bond acceptors (Lipinski definition) is 6. The third-order valence-electron chi connectivity index (χ3n) is 3.72. The minimum atomic E-state index is -1.24. The molecule has 1 unspecified atom stereocenters. The minimum absolute atomic E-state index is 0. The van der Waals surface area contributed by atoms with Crippen molar-refractivity contribution in [3.05, 3.63) is 34.9 Å². The van der Waals surface area contributed by atoms with Gasteiger partial charge in [-0.1, -0.05) is 51.4 Å². The fraction of sp³-hybridized carbons (Fsp3) is 0.526. The average Bonchev–Trinajstić information content (AvgIpc) is 2.58. The van der Waals surface area contributed by atoms with Crippen LogP contribution in [0.15, 0.2) is 24.3 Å². The second-order valence-corrected chi connectivity index (χ2v) is 7.25. The van der Waals surface area contributed by atoms with Crippen LogP contribution in [0.25, 0.3) is 0 Å². The van der Waals surface area contributed by atoms with Gasteiger partial charge in [-0.2, -0.15) is 0 Å². The molecule has 0 saturated carbocycles. The summed E-state index contributed by atoms with van der Waals surface area (Å²) in [7, 11) is 0. The molecule has 1 amide bonds. The first-order valence-electron chi connectivity index (χ1n) is 8.70. The molecular formula is C19H25ClNNaO6. The van der Waals surface area contributed by atoms with E-state index in [1.54, 1.807) is 52.0 Å². The molecule has 0 aliphatic heterocycles. The number of carbonyl (C=O) groups is 3. The summed E-state index contributed by atoms with van der Waals surface area (Å²) >= 11 is 5.84. The number of carbonyl (C=O) groups excluding carboxylic acids is 3. The van der Waals surface area contributed by atoms with Crippen LogP contribution in [-0.2, 0) is 19.1 Å². The Balaban J connectivity index is 0.00000729. The number of rotatable bonds is 9. The van der Waals surface area contributed by atoms with E-state index in [-0.39, 0.29) is 54.4 Å². The second-order valence-electron chi connectivity index (χ2n) is 6.81. The number of carboxylic acids is 1. The monoisotopic (exact) mass is 421 g/mol. The van der Waals surface area contributed by atoms with Gasteiger partial charge in [-0.3, -0.25) is 4.79 Å². The van der Waals surface area contributed by atoms with Crippen LogP contribution in [0.4, 0.5) is 4.79 Å². The van der Waals surface area contributed by atoms with E-state index >= 15 is 0 Å². The summed E-state index contributed by atoms with van der Waals surface area (Å²) in [6, 6.07) is 6.64. The van der Waals surface area contributed by atoms with E-state index in [9.17, 15) is 19.5 Å². The molecule has 0 saturated heterocycles. The van der Waals surface area contributed by atoms with E-state index in [0.717, 1.165) is 0 Å². The number of amides is 1. The molecule has 1 rings (SSSR count). The Hall–Kier alpha value is -1.28. The van der Waals surface area contributed by atoms with Crippen molar-refractivity contribution in [2.24, 2.45) is 11.8 Å². The first kappa shape index (κ1) is 26.7. The van der Waals surface area contributed by atoms with E-state index in [1.807, 2.05) is 0 Å². The maximum Gasteiger partial charge on any atom is 1.00 e. The van der Waals surface area contributed by atoms with Gasteiger partial charge in [0.1, 0.15) is 0 Å². The topological polar surface area (TPSA) is 105 Å². The van der Waals surface area contributed by atoms with Crippen LogP contribution < -0.4 is 40.0 Å². The van der Waals surface area contributed by atoms with E-state index in [2.05, 4.69) is 5.32 Å². The fourth-order valence-electron chi connectivity index (χ4n) is 2.14. The van der Waals surface area contributed by atoms with E-state index in [1.165, 1.54) is 0 Å². The van der Waals surface area contributed by atoms with Crippen LogP contribution in [0.2, 0.25) is 5.02 Å². The van der Waals surface area contributed by atoms with Gasteiger partial charge < -0.3 is 24.7 Å². The van der Waals surface area contributed by atoms with E-state index in [0.29, 0.717) is 10.6 Å². The van der Waals surface area contributed by atoms with Crippen LogP contribution in [0, 0.1) is 11.8 Å². The Morgan fingerprint density at radius 2 is 1.64 bits per heavy atom. The standard InChI is InChI=1S/C19H26ClNO6.Na/c1-11(2)17(24)26-18(12(3)4)27-19(25)21-10-14(9-16(22)23)13-5-7-15(20)8-6-13;/h5-8,11-12,14,18H,9-10H2,1-4H3,(H,21,25)(H,22,23);/q;+1/p-1/t14-,18?;/m0./s1. The number of alkyl carbamates (subject to hydrolysis) is 1. The van der Waals surface area contributed by atoms with Crippen molar-refractivity contribution in [2.75, 3.05) is 6.54 Å². The summed E-state index contributed by atoms with van der Waals surface area (Å²) in [5.41, 5.74) is 0.690. The SMILES string of the molecule is CC(C)C(=O)OC(OC(=O)NC[C@H](CC(=O)[O-])c1ccc(Cl)cc1)C(C)C.[Na+]. The summed E-state index contributed by atoms with van der Waals surface area (Å²) in [6.07, 6.45) is -2.12. The summed E-state index contributed by atoms with van der Waals surface area (Å²) in [6.45, 7) is 6.86. The molecule has 0 bridgehead atoms. The van der Waals surface area contributed by atoms with Gasteiger partial charge in [-0.15, -0.1) is 0 Å². The number of esters is 1. The molecule has 0 aliphatic carbocycles. The molecule has 1 aromatic carbocycles. The van der Waals surface area contributed by atoms with Crippen LogP contribution >= 0.6 is 11.6 Å². The Morgan fingerprint density at radius 1 is 1.07 bits per heavy atom. The van der Waals surface area contributed by atoms with Crippen molar-refractivity contribution in [2.45, 2.75) is 46.3 Å². The van der Waals surface area contributed by atoms with E-state index in [4.69, 9.17) is 21.1 Å². The molecule has 9 heteroatoms. The second kappa shape index (κ2) is 13.0. The van der Waals surface area contributed by atoms with Crippen LogP contribution in [0.3, 0.4) is 0 Å². The Kier molecular flexibility index (Phi) is 12.4. The van der Waals surface area contributed by atoms with Crippen LogP contribution in [0.1, 0.15) is 45.6 Å². The fourth-order valence-corrected chi connectivity index (χ4v) is 2.27. The molecule has 7 nitrogen and oxygen atoms in total. The normalized spacial score (nSPS) is 12.7. The average molecular weight is 422 g/mol. The van der Waals surface area contributed by atoms with Gasteiger partial charge in [-0.25, -0.2) is 4.79 Å². The van der Waals surface area contributed by atoms with Crippen molar-refractivity contribution in [1.29, 1.82) is 0 Å². The number of benzene rings is 1. The van der Waals surface area contributed by atoms with Crippen molar-refractivity contribution < 1.29 is 58.5 Å². The molecule has 1 aromatic rings. The van der Waals surface area contributed by atoms with Crippen LogP contribution in [-0.4, -0.2) is 30.9 Å². The zero-order valence-corrected chi connectivity index (χ0v) is 19.6. The summed E-state index contributed by atoms with van der Waals surface area (Å²) in [5.74, 6) is -2.83. The van der Waals surface area contributed by atoms with Crippen molar-refractivity contribution in [3.8, 4) is 0 Å². The summed E-state index contributed by atoms with van der Waals surface area (Å²) in [5, 5.41) is 14.0. The molecule has 2 atom stereocenters. The number of carboxylic acid groups (broad SMARTS) is 1. The first-order valence-corrected chi connectivity index (χ1v) is 9.08. The third-order valence-corrected chi connectivity index (χ3v) is 3.97. The van der Waals surface area contributed by atoms with Gasteiger partial charge in [-0.05, 0) is 24.1 Å². The van der Waals surface area contributed by atoms with Crippen molar-refractivity contribution in [1.82, 2.24) is 5.32 Å². The molecule has 0 aliphatic rings. The zero-order chi connectivity index (χ0) is 20.6. The predicted molar refractivity (Wildman–Crippen MR) is 97.9 cm³/mol. The number of ether oxygens (including phenoxy) is 2. The van der Waals surface area contributed by atoms with Crippen molar-refractivity contribution in [3.63, 3.8) is 0 Å². The van der Waals surface area contributed by atoms with Gasteiger partial charge >= 0.3 is 41.6 Å². The molecule has 1 N–H and O–H groups in total. The van der Waals surface area contributed by atoms with Gasteiger partial charge in [0.25, 0.3) is 6.29 Å². The van der Waals surface area contributed by atoms with Crippen molar-refractivity contribution >= 4 is 29.6 Å². The maximum atomic E-state index is 12.1. The van der Waals surface area contributed by atoms with Gasteiger partial charge in [0.05, 0.1) is 5.92 Å². The molecule has 150 valence electrons. The summed E-state index contributed by atoms with van der Waals surface area (Å²) in [4.78, 5) is 34.8. The van der Waals surface area contributed by atoms with Crippen LogP contribution in [0.5, 0.6) is 0 Å². The molecular weight excluding hydrogens is 397 g/mol. The molecule has 0 aromatic heterocycles. The smallest absolute Gasteiger partial charge is 0.550 e. The number of nitrogens with one attached hydrogen (secondary N) is 1. The zero-order valence-electron chi connectivity index (χ0n) is 16.9. The third kappa shape index (κ3) is 9.78. The Labute approximate surface area is 192 Å². The number of hydrogen-bond donors (Lipinski definition) is 1. The Morgan fingerprint density at radius 3 is 2.11 bits per heavy atom. The van der Waals surface area contributed by atoms with Gasteiger partial charge in [0.15, 0.2) is 0 Å². The van der Waals surface area contributed by atoms with E-state index < -0.39 is 30.2 Å². The first-order chi connectivity index (χ1) is 12.6. The minimum Gasteiger partial charge on any atom is -0.550 e. The molecule has 0 heterocycles. The quantitative estimate of drug-likeness (QED) is 0.327. The largest absolute Gasteiger partial charge is 1.00 e. The Bertz CT molecular complexity index is 650. The summed E-state index contributed by atoms with van der Waals surface area (Å²) < 4.78 is 10.3. The molecule has 0 fully saturated rings. The molecule has 0 radical (unpaired) electrons. The van der Waals surface area contributed by atoms with Gasteiger partial charge in [0, 0.05) is 29.4 Å². The molecule has 0 spiro atoms.